The molecule has 1 saturated carbocycles. The summed E-state index contributed by atoms with van der Waals surface area (Å²) in [6, 6.07) is 6.58. The summed E-state index contributed by atoms with van der Waals surface area (Å²) in [5.41, 5.74) is 1.42. The van der Waals surface area contributed by atoms with Gasteiger partial charge in [0.15, 0.2) is 0 Å². The van der Waals surface area contributed by atoms with E-state index in [9.17, 15) is 0 Å². The van der Waals surface area contributed by atoms with E-state index >= 15 is 0 Å². The summed E-state index contributed by atoms with van der Waals surface area (Å²) in [5.74, 6) is 0.602. The van der Waals surface area contributed by atoms with Gasteiger partial charge in [0, 0.05) is 22.6 Å². The number of hydrogen-bond acceptors (Lipinski definition) is 1. The highest BCUT2D eigenvalue weighted by atomic mass is 35.5. The van der Waals surface area contributed by atoms with Gasteiger partial charge in [-0.05, 0) is 48.3 Å². The number of benzene rings is 1. The fourth-order valence-corrected chi connectivity index (χ4v) is 2.71. The molecular formula is C16H23Cl2N. The zero-order chi connectivity index (χ0) is 14.0. The summed E-state index contributed by atoms with van der Waals surface area (Å²) in [6.45, 7) is 7.98. The minimum absolute atomic E-state index is 0.222. The lowest BCUT2D eigenvalue weighted by molar-refractivity contribution is 0.206. The monoisotopic (exact) mass is 299 g/mol. The Labute approximate surface area is 126 Å². The van der Waals surface area contributed by atoms with Gasteiger partial charge in [0.1, 0.15) is 0 Å². The molecular weight excluding hydrogens is 277 g/mol. The maximum Gasteiger partial charge on any atom is 0.0453 e. The van der Waals surface area contributed by atoms with E-state index in [0.717, 1.165) is 24.0 Å². The minimum atomic E-state index is 0.222. The second kappa shape index (κ2) is 6.03. The molecule has 1 N–H and O–H groups in total. The van der Waals surface area contributed by atoms with Crippen LogP contribution in [-0.4, -0.2) is 12.6 Å². The van der Waals surface area contributed by atoms with Crippen LogP contribution in [0.25, 0.3) is 0 Å². The normalized spacial score (nSPS) is 18.6. The summed E-state index contributed by atoms with van der Waals surface area (Å²) >= 11 is 12.3. The third-order valence-electron chi connectivity index (χ3n) is 4.38. The molecule has 0 bridgehead atoms. The van der Waals surface area contributed by atoms with Crippen LogP contribution in [0.1, 0.15) is 39.2 Å². The van der Waals surface area contributed by atoms with Gasteiger partial charge in [-0.15, -0.1) is 0 Å². The lowest BCUT2D eigenvalue weighted by atomic mass is 9.74. The Morgan fingerprint density at radius 3 is 2.53 bits per heavy atom. The van der Waals surface area contributed by atoms with Crippen molar-refractivity contribution in [3.8, 4) is 0 Å². The first-order chi connectivity index (χ1) is 8.90. The van der Waals surface area contributed by atoms with Crippen LogP contribution in [0.15, 0.2) is 18.2 Å². The second-order valence-corrected chi connectivity index (χ2v) is 7.22. The molecule has 0 saturated heterocycles. The van der Waals surface area contributed by atoms with Crippen LogP contribution in [-0.2, 0) is 6.42 Å². The molecule has 1 aromatic carbocycles. The topological polar surface area (TPSA) is 12.0 Å². The predicted molar refractivity (Wildman–Crippen MR) is 84.1 cm³/mol. The van der Waals surface area contributed by atoms with Crippen molar-refractivity contribution < 1.29 is 0 Å². The van der Waals surface area contributed by atoms with Crippen molar-refractivity contribution in [3.05, 3.63) is 33.8 Å². The Bertz CT molecular complexity index is 440. The fourth-order valence-electron chi connectivity index (χ4n) is 2.24. The first-order valence-corrected chi connectivity index (χ1v) is 7.83. The van der Waals surface area contributed by atoms with Crippen LogP contribution in [0.5, 0.6) is 0 Å². The van der Waals surface area contributed by atoms with Crippen molar-refractivity contribution in [1.82, 2.24) is 5.32 Å². The summed E-state index contributed by atoms with van der Waals surface area (Å²) in [6.07, 6.45) is 3.64. The lowest BCUT2D eigenvalue weighted by Crippen LogP contribution is -2.38. The SMILES string of the molecule is CC(C)C(C)(CNC1CC1)Cc1ccc(Cl)cc1Cl. The number of hydrogen-bond donors (Lipinski definition) is 1. The largest absolute Gasteiger partial charge is 0.313 e. The summed E-state index contributed by atoms with van der Waals surface area (Å²) < 4.78 is 0. The van der Waals surface area contributed by atoms with Crippen molar-refractivity contribution in [2.45, 2.75) is 46.1 Å². The molecule has 0 aromatic heterocycles. The summed E-state index contributed by atoms with van der Waals surface area (Å²) in [4.78, 5) is 0. The lowest BCUT2D eigenvalue weighted by Gasteiger charge is -2.35. The summed E-state index contributed by atoms with van der Waals surface area (Å²) in [5, 5.41) is 5.15. The zero-order valence-corrected chi connectivity index (χ0v) is 13.5. The predicted octanol–water partition coefficient (Wildman–Crippen LogP) is 4.95. The number of halogens is 2. The second-order valence-electron chi connectivity index (χ2n) is 6.38. The van der Waals surface area contributed by atoms with Gasteiger partial charge in [-0.2, -0.15) is 0 Å². The van der Waals surface area contributed by atoms with E-state index in [0.29, 0.717) is 10.9 Å². The van der Waals surface area contributed by atoms with Crippen molar-refractivity contribution in [1.29, 1.82) is 0 Å². The van der Waals surface area contributed by atoms with Crippen LogP contribution in [0.3, 0.4) is 0 Å². The summed E-state index contributed by atoms with van der Waals surface area (Å²) in [7, 11) is 0. The molecule has 0 spiro atoms. The van der Waals surface area contributed by atoms with E-state index in [1.54, 1.807) is 0 Å². The Kier molecular flexibility index (Phi) is 4.81. The van der Waals surface area contributed by atoms with Gasteiger partial charge in [-0.3, -0.25) is 0 Å². The molecule has 19 heavy (non-hydrogen) atoms. The molecule has 2 rings (SSSR count). The van der Waals surface area contributed by atoms with Gasteiger partial charge in [0.05, 0.1) is 0 Å². The Morgan fingerprint density at radius 1 is 1.32 bits per heavy atom. The maximum absolute atomic E-state index is 6.31. The van der Waals surface area contributed by atoms with Crippen molar-refractivity contribution in [2.75, 3.05) is 6.54 Å². The smallest absolute Gasteiger partial charge is 0.0453 e. The van der Waals surface area contributed by atoms with Gasteiger partial charge >= 0.3 is 0 Å². The standard InChI is InChI=1S/C16H23Cl2N/c1-11(2)16(3,10-19-14-6-7-14)9-12-4-5-13(17)8-15(12)18/h4-5,8,11,14,19H,6-7,9-10H2,1-3H3. The van der Waals surface area contributed by atoms with Crippen LogP contribution in [0.4, 0.5) is 0 Å². The van der Waals surface area contributed by atoms with Gasteiger partial charge in [-0.25, -0.2) is 0 Å². The van der Waals surface area contributed by atoms with Gasteiger partial charge in [0.2, 0.25) is 0 Å². The first-order valence-electron chi connectivity index (χ1n) is 7.08. The molecule has 1 unspecified atom stereocenters. The van der Waals surface area contributed by atoms with Crippen molar-refractivity contribution >= 4 is 23.2 Å². The van der Waals surface area contributed by atoms with Gasteiger partial charge in [-0.1, -0.05) is 50.0 Å². The van der Waals surface area contributed by atoms with Gasteiger partial charge in [0.25, 0.3) is 0 Å². The Hall–Kier alpha value is -0.240. The van der Waals surface area contributed by atoms with Crippen LogP contribution in [0.2, 0.25) is 10.0 Å². The molecule has 3 heteroatoms. The Balaban J connectivity index is 2.09. The average Bonchev–Trinajstić information content (AvgIpc) is 3.14. The quantitative estimate of drug-likeness (QED) is 0.783. The molecule has 1 aliphatic carbocycles. The third kappa shape index (κ3) is 4.11. The number of nitrogens with one attached hydrogen (secondary N) is 1. The van der Waals surface area contributed by atoms with E-state index in [1.807, 2.05) is 12.1 Å². The highest BCUT2D eigenvalue weighted by Gasteiger charge is 2.32. The fraction of sp³-hybridized carbons (Fsp3) is 0.625. The highest BCUT2D eigenvalue weighted by molar-refractivity contribution is 6.35. The molecule has 0 aliphatic heterocycles. The van der Waals surface area contributed by atoms with E-state index in [4.69, 9.17) is 23.2 Å². The maximum atomic E-state index is 6.31. The molecule has 1 aromatic rings. The van der Waals surface area contributed by atoms with E-state index < -0.39 is 0 Å². The Morgan fingerprint density at radius 2 is 2.00 bits per heavy atom. The molecule has 1 nitrogen and oxygen atoms in total. The third-order valence-corrected chi connectivity index (χ3v) is 4.96. The molecule has 0 radical (unpaired) electrons. The van der Waals surface area contributed by atoms with Crippen LogP contribution < -0.4 is 5.32 Å². The molecule has 0 amide bonds. The van der Waals surface area contributed by atoms with Crippen LogP contribution >= 0.6 is 23.2 Å². The van der Waals surface area contributed by atoms with Crippen molar-refractivity contribution in [3.63, 3.8) is 0 Å². The minimum Gasteiger partial charge on any atom is -0.313 e. The molecule has 1 aliphatic rings. The van der Waals surface area contributed by atoms with Crippen molar-refractivity contribution in [2.24, 2.45) is 11.3 Å². The van der Waals surface area contributed by atoms with Crippen LogP contribution in [0, 0.1) is 11.3 Å². The molecule has 1 fully saturated rings. The average molecular weight is 300 g/mol. The van der Waals surface area contributed by atoms with Gasteiger partial charge < -0.3 is 5.32 Å². The molecule has 106 valence electrons. The van der Waals surface area contributed by atoms with E-state index in [1.165, 1.54) is 18.4 Å². The van der Waals surface area contributed by atoms with E-state index in [2.05, 4.69) is 32.2 Å². The zero-order valence-electron chi connectivity index (χ0n) is 12.0. The molecule has 1 atom stereocenters. The van der Waals surface area contributed by atoms with E-state index in [-0.39, 0.29) is 5.41 Å². The number of rotatable bonds is 6. The highest BCUT2D eigenvalue weighted by Crippen LogP contribution is 2.35. The first kappa shape index (κ1) is 15.2. The molecule has 0 heterocycles.